The fourth-order valence-electron chi connectivity index (χ4n) is 1.65. The standard InChI is InChI=1S/C15H13ClO3/c1-18-15-8-11(9-17)6-7-14(15)19-10-12-4-2-3-5-13(12)16/h2-9H,10H2,1H3. The van der Waals surface area contributed by atoms with Gasteiger partial charge in [0.15, 0.2) is 11.5 Å². The van der Waals surface area contributed by atoms with E-state index in [4.69, 9.17) is 21.1 Å². The van der Waals surface area contributed by atoms with Gasteiger partial charge in [-0.25, -0.2) is 0 Å². The maximum absolute atomic E-state index is 10.7. The molecule has 0 heterocycles. The first-order chi connectivity index (χ1) is 9.24. The van der Waals surface area contributed by atoms with Crippen molar-refractivity contribution in [3.05, 3.63) is 58.6 Å². The lowest BCUT2D eigenvalue weighted by Gasteiger charge is -2.11. The summed E-state index contributed by atoms with van der Waals surface area (Å²) in [4.78, 5) is 10.7. The molecule has 2 aromatic rings. The summed E-state index contributed by atoms with van der Waals surface area (Å²) in [5, 5.41) is 0.658. The molecule has 2 rings (SSSR count). The Morgan fingerprint density at radius 1 is 1.16 bits per heavy atom. The molecule has 0 spiro atoms. The minimum absolute atomic E-state index is 0.344. The molecule has 0 N–H and O–H groups in total. The molecule has 0 radical (unpaired) electrons. The highest BCUT2D eigenvalue weighted by Crippen LogP contribution is 2.29. The van der Waals surface area contributed by atoms with E-state index >= 15 is 0 Å². The van der Waals surface area contributed by atoms with Gasteiger partial charge < -0.3 is 9.47 Å². The fourth-order valence-corrected chi connectivity index (χ4v) is 1.84. The quantitative estimate of drug-likeness (QED) is 0.781. The zero-order valence-corrected chi connectivity index (χ0v) is 11.2. The molecule has 98 valence electrons. The highest BCUT2D eigenvalue weighted by molar-refractivity contribution is 6.31. The summed E-state index contributed by atoms with van der Waals surface area (Å²) in [6, 6.07) is 12.5. The monoisotopic (exact) mass is 276 g/mol. The van der Waals surface area contributed by atoms with Crippen LogP contribution in [0.1, 0.15) is 15.9 Å². The van der Waals surface area contributed by atoms with Crippen molar-refractivity contribution in [2.24, 2.45) is 0 Å². The average molecular weight is 277 g/mol. The number of hydrogen-bond acceptors (Lipinski definition) is 3. The molecule has 0 saturated heterocycles. The van der Waals surface area contributed by atoms with Crippen LogP contribution in [0.2, 0.25) is 5.02 Å². The van der Waals surface area contributed by atoms with Crippen molar-refractivity contribution in [3.8, 4) is 11.5 Å². The van der Waals surface area contributed by atoms with E-state index in [9.17, 15) is 4.79 Å². The zero-order chi connectivity index (χ0) is 13.7. The Morgan fingerprint density at radius 3 is 2.63 bits per heavy atom. The number of carbonyl (C=O) groups excluding carboxylic acids is 1. The van der Waals surface area contributed by atoms with Crippen LogP contribution in [0, 0.1) is 0 Å². The highest BCUT2D eigenvalue weighted by atomic mass is 35.5. The van der Waals surface area contributed by atoms with E-state index in [2.05, 4.69) is 0 Å². The first-order valence-corrected chi connectivity index (χ1v) is 6.12. The normalized spacial score (nSPS) is 10.0. The SMILES string of the molecule is COc1cc(C=O)ccc1OCc1ccccc1Cl. The zero-order valence-electron chi connectivity index (χ0n) is 10.4. The van der Waals surface area contributed by atoms with Crippen molar-refractivity contribution >= 4 is 17.9 Å². The maximum atomic E-state index is 10.7. The van der Waals surface area contributed by atoms with Gasteiger partial charge in [-0.1, -0.05) is 29.8 Å². The summed E-state index contributed by atoms with van der Waals surface area (Å²) < 4.78 is 10.9. The summed E-state index contributed by atoms with van der Waals surface area (Å²) in [5.41, 5.74) is 1.44. The van der Waals surface area contributed by atoms with Crippen LogP contribution in [0.15, 0.2) is 42.5 Å². The summed E-state index contributed by atoms with van der Waals surface area (Å²) in [6.07, 6.45) is 0.764. The minimum atomic E-state index is 0.344. The van der Waals surface area contributed by atoms with Crippen LogP contribution < -0.4 is 9.47 Å². The first kappa shape index (κ1) is 13.4. The Bertz CT molecular complexity index is 581. The van der Waals surface area contributed by atoms with Gasteiger partial charge in [0.2, 0.25) is 0 Å². The Hall–Kier alpha value is -2.00. The second-order valence-corrected chi connectivity index (χ2v) is 4.32. The van der Waals surface area contributed by atoms with E-state index in [-0.39, 0.29) is 0 Å². The van der Waals surface area contributed by atoms with E-state index in [0.717, 1.165) is 11.8 Å². The third-order valence-corrected chi connectivity index (χ3v) is 3.03. The topological polar surface area (TPSA) is 35.5 Å². The number of halogens is 1. The van der Waals surface area contributed by atoms with Crippen molar-refractivity contribution in [3.63, 3.8) is 0 Å². The van der Waals surface area contributed by atoms with Crippen molar-refractivity contribution in [1.29, 1.82) is 0 Å². The third kappa shape index (κ3) is 3.26. The molecule has 0 unspecified atom stereocenters. The number of hydrogen-bond donors (Lipinski definition) is 0. The van der Waals surface area contributed by atoms with Crippen LogP contribution in [0.4, 0.5) is 0 Å². The van der Waals surface area contributed by atoms with Gasteiger partial charge >= 0.3 is 0 Å². The van der Waals surface area contributed by atoms with Gasteiger partial charge in [0, 0.05) is 16.1 Å². The van der Waals surface area contributed by atoms with Gasteiger partial charge in [-0.2, -0.15) is 0 Å². The van der Waals surface area contributed by atoms with Crippen LogP contribution in [0.5, 0.6) is 11.5 Å². The smallest absolute Gasteiger partial charge is 0.161 e. The maximum Gasteiger partial charge on any atom is 0.161 e. The van der Waals surface area contributed by atoms with Crippen LogP contribution >= 0.6 is 11.6 Å². The van der Waals surface area contributed by atoms with E-state index in [1.165, 1.54) is 7.11 Å². The van der Waals surface area contributed by atoms with Gasteiger partial charge in [-0.15, -0.1) is 0 Å². The summed E-state index contributed by atoms with van der Waals surface area (Å²) in [5.74, 6) is 1.10. The molecule has 0 fully saturated rings. The summed E-state index contributed by atoms with van der Waals surface area (Å²) in [6.45, 7) is 0.344. The van der Waals surface area contributed by atoms with E-state index in [1.54, 1.807) is 18.2 Å². The first-order valence-electron chi connectivity index (χ1n) is 5.74. The lowest BCUT2D eigenvalue weighted by atomic mass is 10.2. The largest absolute Gasteiger partial charge is 0.493 e. The number of rotatable bonds is 5. The molecule has 2 aromatic carbocycles. The highest BCUT2D eigenvalue weighted by Gasteiger charge is 2.07. The Labute approximate surface area is 116 Å². The second-order valence-electron chi connectivity index (χ2n) is 3.91. The Kier molecular flexibility index (Phi) is 4.42. The predicted molar refractivity (Wildman–Crippen MR) is 74.2 cm³/mol. The minimum Gasteiger partial charge on any atom is -0.493 e. The van der Waals surface area contributed by atoms with Crippen molar-refractivity contribution in [1.82, 2.24) is 0 Å². The fraction of sp³-hybridized carbons (Fsp3) is 0.133. The predicted octanol–water partition coefficient (Wildman–Crippen LogP) is 3.74. The summed E-state index contributed by atoms with van der Waals surface area (Å²) in [7, 11) is 1.53. The van der Waals surface area contributed by atoms with Gasteiger partial charge in [-0.3, -0.25) is 4.79 Å². The number of aldehydes is 1. The molecule has 19 heavy (non-hydrogen) atoms. The van der Waals surface area contributed by atoms with E-state index in [1.807, 2.05) is 24.3 Å². The van der Waals surface area contributed by atoms with E-state index < -0.39 is 0 Å². The van der Waals surface area contributed by atoms with Crippen LogP contribution in [0.25, 0.3) is 0 Å². The molecule has 0 aliphatic heterocycles. The van der Waals surface area contributed by atoms with Gasteiger partial charge in [-0.05, 0) is 24.3 Å². The molecule has 0 aliphatic carbocycles. The lowest BCUT2D eigenvalue weighted by Crippen LogP contribution is -1.98. The molecule has 0 aliphatic rings. The molecule has 0 saturated carbocycles. The molecule has 0 amide bonds. The molecule has 0 bridgehead atoms. The van der Waals surface area contributed by atoms with Crippen LogP contribution in [-0.2, 0) is 6.61 Å². The number of ether oxygens (including phenoxy) is 2. The average Bonchev–Trinajstić information content (AvgIpc) is 2.46. The van der Waals surface area contributed by atoms with Crippen molar-refractivity contribution in [2.45, 2.75) is 6.61 Å². The molecular formula is C15H13ClO3. The molecule has 0 aromatic heterocycles. The van der Waals surface area contributed by atoms with Gasteiger partial charge in [0.1, 0.15) is 12.9 Å². The van der Waals surface area contributed by atoms with Crippen molar-refractivity contribution in [2.75, 3.05) is 7.11 Å². The number of methoxy groups -OCH3 is 1. The Morgan fingerprint density at radius 2 is 1.95 bits per heavy atom. The van der Waals surface area contributed by atoms with E-state index in [0.29, 0.717) is 28.7 Å². The van der Waals surface area contributed by atoms with Gasteiger partial charge in [0.25, 0.3) is 0 Å². The van der Waals surface area contributed by atoms with Crippen LogP contribution in [0.3, 0.4) is 0 Å². The molecular weight excluding hydrogens is 264 g/mol. The van der Waals surface area contributed by atoms with Gasteiger partial charge in [0.05, 0.1) is 7.11 Å². The molecule has 4 heteroatoms. The molecule has 3 nitrogen and oxygen atoms in total. The molecule has 0 atom stereocenters. The number of carbonyl (C=O) groups is 1. The summed E-state index contributed by atoms with van der Waals surface area (Å²) >= 11 is 6.05. The number of benzene rings is 2. The van der Waals surface area contributed by atoms with Crippen molar-refractivity contribution < 1.29 is 14.3 Å². The lowest BCUT2D eigenvalue weighted by molar-refractivity contribution is 0.112. The third-order valence-electron chi connectivity index (χ3n) is 2.66. The second kappa shape index (κ2) is 6.25. The van der Waals surface area contributed by atoms with Crippen LogP contribution in [-0.4, -0.2) is 13.4 Å². The Balaban J connectivity index is 2.15.